The Hall–Kier alpha value is -1.82. The van der Waals surface area contributed by atoms with Gasteiger partial charge < -0.3 is 5.73 Å². The van der Waals surface area contributed by atoms with Crippen molar-refractivity contribution < 1.29 is 0 Å². The van der Waals surface area contributed by atoms with Gasteiger partial charge in [-0.25, -0.2) is 4.68 Å². The van der Waals surface area contributed by atoms with E-state index in [0.29, 0.717) is 12.4 Å². The Morgan fingerprint density at radius 3 is 3.06 bits per heavy atom. The van der Waals surface area contributed by atoms with Crippen LogP contribution >= 0.6 is 15.9 Å². The average molecular weight is 306 g/mol. The molecule has 0 atom stereocenters. The second-order valence-corrected chi connectivity index (χ2v) is 5.12. The standard InChI is InChI=1S/C12H12BrN5/c1-7-10-11(14)15-16-12(10)18(17-7)6-8-3-2-4-9(13)5-8/h2-5H,6H2,1H3,(H3,14,15,16). The number of rotatable bonds is 2. The number of H-pyrrole nitrogens is 1. The maximum absolute atomic E-state index is 5.83. The summed E-state index contributed by atoms with van der Waals surface area (Å²) in [6.07, 6.45) is 0. The molecule has 0 bridgehead atoms. The molecule has 0 saturated heterocycles. The van der Waals surface area contributed by atoms with Gasteiger partial charge in [0.2, 0.25) is 0 Å². The molecule has 5 nitrogen and oxygen atoms in total. The Morgan fingerprint density at radius 2 is 2.28 bits per heavy atom. The first-order chi connectivity index (χ1) is 8.65. The number of aryl methyl sites for hydroxylation is 1. The molecule has 1 aromatic carbocycles. The fourth-order valence-corrected chi connectivity index (χ4v) is 2.53. The van der Waals surface area contributed by atoms with Crippen LogP contribution in [0.2, 0.25) is 0 Å². The summed E-state index contributed by atoms with van der Waals surface area (Å²) in [5.41, 5.74) is 8.68. The molecule has 2 aromatic heterocycles. The van der Waals surface area contributed by atoms with Crippen molar-refractivity contribution in [3.05, 3.63) is 40.0 Å². The number of nitrogens with one attached hydrogen (secondary N) is 1. The van der Waals surface area contributed by atoms with Crippen molar-refractivity contribution in [2.45, 2.75) is 13.5 Å². The number of nitrogens with zero attached hydrogens (tertiary/aromatic N) is 3. The lowest BCUT2D eigenvalue weighted by molar-refractivity contribution is 0.692. The molecule has 3 aromatic rings. The molecule has 0 spiro atoms. The van der Waals surface area contributed by atoms with Gasteiger partial charge in [0, 0.05) is 4.47 Å². The zero-order chi connectivity index (χ0) is 12.7. The van der Waals surface area contributed by atoms with Gasteiger partial charge in [0.15, 0.2) is 5.65 Å². The van der Waals surface area contributed by atoms with Crippen molar-refractivity contribution >= 4 is 32.8 Å². The number of aromatic amines is 1. The van der Waals surface area contributed by atoms with Crippen LogP contribution < -0.4 is 5.73 Å². The fourth-order valence-electron chi connectivity index (χ4n) is 2.09. The lowest BCUT2D eigenvalue weighted by atomic mass is 10.2. The molecule has 3 N–H and O–H groups in total. The summed E-state index contributed by atoms with van der Waals surface area (Å²) in [7, 11) is 0. The monoisotopic (exact) mass is 305 g/mol. The van der Waals surface area contributed by atoms with Crippen LogP contribution in [0.15, 0.2) is 28.7 Å². The summed E-state index contributed by atoms with van der Waals surface area (Å²) in [4.78, 5) is 0. The molecule has 0 radical (unpaired) electrons. The molecule has 92 valence electrons. The molecule has 3 rings (SSSR count). The summed E-state index contributed by atoms with van der Waals surface area (Å²) < 4.78 is 2.92. The fraction of sp³-hybridized carbons (Fsp3) is 0.167. The molecular formula is C12H12BrN5. The van der Waals surface area contributed by atoms with E-state index >= 15 is 0 Å². The number of fused-ring (bicyclic) bond motifs is 1. The molecule has 0 fully saturated rings. The normalized spacial score (nSPS) is 11.2. The number of halogens is 1. The van der Waals surface area contributed by atoms with E-state index in [1.165, 1.54) is 0 Å². The lowest BCUT2D eigenvalue weighted by Gasteiger charge is -2.02. The Labute approximate surface area is 112 Å². The second kappa shape index (κ2) is 4.13. The molecule has 0 amide bonds. The van der Waals surface area contributed by atoms with Crippen LogP contribution in [0.25, 0.3) is 11.0 Å². The number of nitrogens with two attached hydrogens (primary N) is 1. The van der Waals surface area contributed by atoms with Crippen LogP contribution in [0.3, 0.4) is 0 Å². The molecule has 0 aliphatic heterocycles. The van der Waals surface area contributed by atoms with Gasteiger partial charge in [-0.05, 0) is 24.6 Å². The Balaban J connectivity index is 2.05. The zero-order valence-corrected chi connectivity index (χ0v) is 11.4. The summed E-state index contributed by atoms with van der Waals surface area (Å²) >= 11 is 3.46. The maximum atomic E-state index is 5.83. The van der Waals surface area contributed by atoms with Gasteiger partial charge in [-0.15, -0.1) is 0 Å². The third-order valence-electron chi connectivity index (χ3n) is 2.87. The number of aromatic nitrogens is 4. The molecule has 6 heteroatoms. The molecule has 0 unspecified atom stereocenters. The second-order valence-electron chi connectivity index (χ2n) is 4.21. The van der Waals surface area contributed by atoms with Crippen LogP contribution in [0, 0.1) is 6.92 Å². The van der Waals surface area contributed by atoms with Gasteiger partial charge in [0.25, 0.3) is 0 Å². The molecule has 18 heavy (non-hydrogen) atoms. The summed E-state index contributed by atoms with van der Waals surface area (Å²) in [6.45, 7) is 2.61. The third kappa shape index (κ3) is 1.78. The highest BCUT2D eigenvalue weighted by Gasteiger charge is 2.13. The highest BCUT2D eigenvalue weighted by atomic mass is 79.9. The first-order valence-corrected chi connectivity index (χ1v) is 6.36. The van der Waals surface area contributed by atoms with Crippen LogP contribution in [0.1, 0.15) is 11.3 Å². The van der Waals surface area contributed by atoms with E-state index in [-0.39, 0.29) is 0 Å². The third-order valence-corrected chi connectivity index (χ3v) is 3.37. The maximum Gasteiger partial charge on any atom is 0.182 e. The van der Waals surface area contributed by atoms with Gasteiger partial charge in [-0.1, -0.05) is 28.1 Å². The lowest BCUT2D eigenvalue weighted by Crippen LogP contribution is -2.02. The number of benzene rings is 1. The molecule has 0 saturated carbocycles. The molecule has 2 heterocycles. The van der Waals surface area contributed by atoms with Crippen LogP contribution in [0.4, 0.5) is 5.82 Å². The van der Waals surface area contributed by atoms with Crippen molar-refractivity contribution in [3.63, 3.8) is 0 Å². The SMILES string of the molecule is Cc1nn(Cc2cccc(Br)c2)c2n[nH]c(N)c12. The van der Waals surface area contributed by atoms with Crippen molar-refractivity contribution in [2.75, 3.05) is 5.73 Å². The predicted molar refractivity (Wildman–Crippen MR) is 74.3 cm³/mol. The predicted octanol–water partition coefficient (Wildman–Crippen LogP) is 2.46. The van der Waals surface area contributed by atoms with E-state index in [0.717, 1.165) is 26.8 Å². The first kappa shape index (κ1) is 11.3. The summed E-state index contributed by atoms with van der Waals surface area (Å²) in [5.74, 6) is 0.572. The van der Waals surface area contributed by atoms with Gasteiger partial charge in [0.1, 0.15) is 5.82 Å². The minimum absolute atomic E-state index is 0.572. The first-order valence-electron chi connectivity index (χ1n) is 5.56. The van der Waals surface area contributed by atoms with Crippen LogP contribution in [0.5, 0.6) is 0 Å². The number of nitrogen functional groups attached to an aromatic ring is 1. The highest BCUT2D eigenvalue weighted by molar-refractivity contribution is 9.10. The van der Waals surface area contributed by atoms with E-state index in [1.54, 1.807) is 0 Å². The van der Waals surface area contributed by atoms with Crippen molar-refractivity contribution in [2.24, 2.45) is 0 Å². The topological polar surface area (TPSA) is 72.5 Å². The zero-order valence-electron chi connectivity index (χ0n) is 9.81. The van der Waals surface area contributed by atoms with Crippen molar-refractivity contribution in [3.8, 4) is 0 Å². The average Bonchev–Trinajstić information content (AvgIpc) is 2.83. The number of anilines is 1. The highest BCUT2D eigenvalue weighted by Crippen LogP contribution is 2.22. The van der Waals surface area contributed by atoms with Crippen molar-refractivity contribution in [1.29, 1.82) is 0 Å². The van der Waals surface area contributed by atoms with E-state index in [9.17, 15) is 0 Å². The van der Waals surface area contributed by atoms with E-state index < -0.39 is 0 Å². The van der Waals surface area contributed by atoms with Gasteiger partial charge in [-0.3, -0.25) is 5.10 Å². The van der Waals surface area contributed by atoms with Crippen LogP contribution in [-0.2, 0) is 6.54 Å². The summed E-state index contributed by atoms with van der Waals surface area (Å²) in [6, 6.07) is 8.13. The van der Waals surface area contributed by atoms with E-state index in [2.05, 4.69) is 43.4 Å². The Kier molecular flexibility index (Phi) is 2.59. The quantitative estimate of drug-likeness (QED) is 0.764. The Bertz CT molecular complexity index is 712. The van der Waals surface area contributed by atoms with Crippen molar-refractivity contribution in [1.82, 2.24) is 20.0 Å². The minimum atomic E-state index is 0.572. The number of hydrogen-bond donors (Lipinski definition) is 2. The minimum Gasteiger partial charge on any atom is -0.383 e. The molecular weight excluding hydrogens is 294 g/mol. The number of hydrogen-bond acceptors (Lipinski definition) is 3. The van der Waals surface area contributed by atoms with E-state index in [4.69, 9.17) is 5.73 Å². The van der Waals surface area contributed by atoms with E-state index in [1.807, 2.05) is 23.7 Å². The van der Waals surface area contributed by atoms with Gasteiger partial charge in [0.05, 0.1) is 17.6 Å². The summed E-state index contributed by atoms with van der Waals surface area (Å²) in [5, 5.41) is 12.4. The largest absolute Gasteiger partial charge is 0.383 e. The van der Waals surface area contributed by atoms with Crippen LogP contribution in [-0.4, -0.2) is 20.0 Å². The molecule has 0 aliphatic rings. The van der Waals surface area contributed by atoms with Gasteiger partial charge in [-0.2, -0.15) is 10.2 Å². The van der Waals surface area contributed by atoms with Gasteiger partial charge >= 0.3 is 0 Å². The Morgan fingerprint density at radius 1 is 1.44 bits per heavy atom. The molecule has 0 aliphatic carbocycles. The smallest absolute Gasteiger partial charge is 0.182 e.